The van der Waals surface area contributed by atoms with Crippen molar-refractivity contribution in [2.75, 3.05) is 32.1 Å². The zero-order chi connectivity index (χ0) is 21.9. The van der Waals surface area contributed by atoms with Crippen LogP contribution in [-0.4, -0.2) is 46.7 Å². The molecule has 0 fully saturated rings. The number of ether oxygens (including phenoxy) is 1. The number of anilines is 1. The molecule has 3 N–H and O–H groups in total. The number of aromatic nitrogens is 4. The van der Waals surface area contributed by atoms with E-state index in [-0.39, 0.29) is 0 Å². The zero-order valence-electron chi connectivity index (χ0n) is 17.9. The molecule has 0 radical (unpaired) electrons. The van der Waals surface area contributed by atoms with Crippen molar-refractivity contribution in [2.45, 2.75) is 19.3 Å². The van der Waals surface area contributed by atoms with E-state index in [4.69, 9.17) is 14.7 Å². The van der Waals surface area contributed by atoms with Crippen LogP contribution in [0, 0.1) is 5.82 Å². The summed E-state index contributed by atoms with van der Waals surface area (Å²) < 4.78 is 19.0. The van der Waals surface area contributed by atoms with Gasteiger partial charge in [0.25, 0.3) is 0 Å². The lowest BCUT2D eigenvalue weighted by Crippen LogP contribution is -2.16. The predicted octanol–water partition coefficient (Wildman–Crippen LogP) is 3.51. The van der Waals surface area contributed by atoms with Crippen LogP contribution in [0.3, 0.4) is 0 Å². The molecular formula is C24H25FN6O. The average molecular weight is 433 g/mol. The van der Waals surface area contributed by atoms with Crippen LogP contribution in [-0.2, 0) is 19.3 Å². The lowest BCUT2D eigenvalue weighted by Gasteiger charge is -2.15. The van der Waals surface area contributed by atoms with Crippen molar-refractivity contribution < 1.29 is 9.13 Å². The van der Waals surface area contributed by atoms with Gasteiger partial charge < -0.3 is 20.4 Å². The molecule has 8 heteroatoms. The van der Waals surface area contributed by atoms with Gasteiger partial charge in [-0.3, -0.25) is 4.98 Å². The number of halogens is 1. The Labute approximate surface area is 185 Å². The van der Waals surface area contributed by atoms with Gasteiger partial charge in [-0.25, -0.2) is 14.4 Å². The summed E-state index contributed by atoms with van der Waals surface area (Å²) in [5, 5.41) is 8.12. The number of methoxy groups -OCH3 is 1. The highest BCUT2D eigenvalue weighted by Gasteiger charge is 2.18. The number of H-pyrrole nitrogens is 1. The number of aromatic amines is 1. The maximum Gasteiger partial charge on any atom is 0.163 e. The van der Waals surface area contributed by atoms with Gasteiger partial charge in [-0.1, -0.05) is 0 Å². The standard InChI is InChI=1S/C24H25FN6O/c1-32-18-2-3-19-15(13-29-22(19)11-18)4-9-28-24-20-5-7-26-8-6-21(20)30-23(31-24)16-10-17(25)14-27-12-16/h2-3,10-14,26,29H,4-9H2,1H3,(H,28,30,31). The number of nitrogens with zero attached hydrogens (tertiary/aromatic N) is 3. The summed E-state index contributed by atoms with van der Waals surface area (Å²) in [6.45, 7) is 2.47. The molecule has 3 aromatic heterocycles. The molecule has 4 aromatic rings. The Kier molecular flexibility index (Phi) is 5.68. The Morgan fingerprint density at radius 2 is 2.03 bits per heavy atom. The van der Waals surface area contributed by atoms with E-state index in [9.17, 15) is 4.39 Å². The second kappa shape index (κ2) is 8.92. The SMILES string of the molecule is COc1ccc2c(CCNc3nc(-c4cncc(F)c4)nc4c3CCNCC4)c[nH]c2c1. The highest BCUT2D eigenvalue weighted by atomic mass is 19.1. The highest BCUT2D eigenvalue weighted by molar-refractivity contribution is 5.84. The van der Waals surface area contributed by atoms with Crippen LogP contribution < -0.4 is 15.4 Å². The van der Waals surface area contributed by atoms with Gasteiger partial charge in [-0.05, 0) is 43.1 Å². The third-order valence-corrected chi connectivity index (χ3v) is 5.81. The van der Waals surface area contributed by atoms with Gasteiger partial charge in [-0.15, -0.1) is 0 Å². The van der Waals surface area contributed by atoms with Gasteiger partial charge in [0.1, 0.15) is 17.4 Å². The van der Waals surface area contributed by atoms with Crippen molar-refractivity contribution >= 4 is 16.7 Å². The first-order valence-corrected chi connectivity index (χ1v) is 10.8. The van der Waals surface area contributed by atoms with Crippen LogP contribution >= 0.6 is 0 Å². The molecule has 4 heterocycles. The average Bonchev–Trinajstić information content (AvgIpc) is 3.05. The lowest BCUT2D eigenvalue weighted by atomic mass is 10.1. The first kappa shape index (κ1) is 20.4. The van der Waals surface area contributed by atoms with E-state index < -0.39 is 5.82 Å². The normalized spacial score (nSPS) is 13.6. The highest BCUT2D eigenvalue weighted by Crippen LogP contribution is 2.26. The number of hydrogen-bond acceptors (Lipinski definition) is 6. The molecular weight excluding hydrogens is 407 g/mol. The molecule has 1 aliphatic rings. The summed E-state index contributed by atoms with van der Waals surface area (Å²) in [4.78, 5) is 16.8. The predicted molar refractivity (Wildman–Crippen MR) is 123 cm³/mol. The Morgan fingerprint density at radius 1 is 1.12 bits per heavy atom. The zero-order valence-corrected chi connectivity index (χ0v) is 17.9. The lowest BCUT2D eigenvalue weighted by molar-refractivity contribution is 0.415. The molecule has 0 bridgehead atoms. The largest absolute Gasteiger partial charge is 0.497 e. The van der Waals surface area contributed by atoms with E-state index in [0.717, 1.165) is 67.2 Å². The molecule has 32 heavy (non-hydrogen) atoms. The van der Waals surface area contributed by atoms with Crippen molar-refractivity contribution in [3.63, 3.8) is 0 Å². The van der Waals surface area contributed by atoms with E-state index in [1.54, 1.807) is 13.3 Å². The van der Waals surface area contributed by atoms with E-state index in [1.807, 2.05) is 18.3 Å². The van der Waals surface area contributed by atoms with E-state index in [1.165, 1.54) is 23.2 Å². The monoisotopic (exact) mass is 432 g/mol. The minimum Gasteiger partial charge on any atom is -0.497 e. The Hall–Kier alpha value is -3.52. The summed E-state index contributed by atoms with van der Waals surface area (Å²) in [6, 6.07) is 7.48. The van der Waals surface area contributed by atoms with Gasteiger partial charge in [0, 0.05) is 60.0 Å². The second-order valence-corrected chi connectivity index (χ2v) is 7.87. The van der Waals surface area contributed by atoms with Crippen LogP contribution in [0.1, 0.15) is 16.8 Å². The van der Waals surface area contributed by atoms with Crippen molar-refractivity contribution in [3.8, 4) is 17.1 Å². The molecule has 1 aromatic carbocycles. The van der Waals surface area contributed by atoms with Crippen molar-refractivity contribution in [1.82, 2.24) is 25.3 Å². The number of rotatable bonds is 6. The van der Waals surface area contributed by atoms with Gasteiger partial charge >= 0.3 is 0 Å². The molecule has 0 aliphatic carbocycles. The fraction of sp³-hybridized carbons (Fsp3) is 0.292. The number of fused-ring (bicyclic) bond motifs is 2. The summed E-state index contributed by atoms with van der Waals surface area (Å²) in [5.74, 6) is 1.76. The van der Waals surface area contributed by atoms with Gasteiger partial charge in [0.05, 0.1) is 19.0 Å². The molecule has 164 valence electrons. The number of benzene rings is 1. The van der Waals surface area contributed by atoms with Crippen molar-refractivity contribution in [1.29, 1.82) is 0 Å². The van der Waals surface area contributed by atoms with Crippen molar-refractivity contribution in [2.24, 2.45) is 0 Å². The molecule has 7 nitrogen and oxygen atoms in total. The van der Waals surface area contributed by atoms with Crippen LogP contribution in [0.2, 0.25) is 0 Å². The summed E-state index contributed by atoms with van der Waals surface area (Å²) in [5.41, 5.74) is 5.00. The topological polar surface area (TPSA) is 87.8 Å². The summed E-state index contributed by atoms with van der Waals surface area (Å²) in [6.07, 6.45) is 7.33. The van der Waals surface area contributed by atoms with Crippen LogP contribution in [0.15, 0.2) is 42.9 Å². The second-order valence-electron chi connectivity index (χ2n) is 7.87. The molecule has 0 unspecified atom stereocenters. The smallest absolute Gasteiger partial charge is 0.163 e. The third-order valence-electron chi connectivity index (χ3n) is 5.81. The Bertz CT molecular complexity index is 1250. The Morgan fingerprint density at radius 3 is 2.91 bits per heavy atom. The van der Waals surface area contributed by atoms with Gasteiger partial charge in [0.2, 0.25) is 0 Å². The number of nitrogens with one attached hydrogen (secondary N) is 3. The molecule has 0 saturated carbocycles. The van der Waals surface area contributed by atoms with E-state index in [0.29, 0.717) is 11.4 Å². The van der Waals surface area contributed by atoms with Crippen LogP contribution in [0.4, 0.5) is 10.2 Å². The Balaban J connectivity index is 1.40. The van der Waals surface area contributed by atoms with E-state index in [2.05, 4.69) is 26.7 Å². The first-order valence-electron chi connectivity index (χ1n) is 10.8. The van der Waals surface area contributed by atoms with Gasteiger partial charge in [-0.2, -0.15) is 0 Å². The molecule has 0 saturated heterocycles. The molecule has 5 rings (SSSR count). The minimum atomic E-state index is -0.395. The summed E-state index contributed by atoms with van der Waals surface area (Å²) in [7, 11) is 1.67. The first-order chi connectivity index (χ1) is 15.7. The summed E-state index contributed by atoms with van der Waals surface area (Å²) >= 11 is 0. The molecule has 1 aliphatic heterocycles. The fourth-order valence-electron chi connectivity index (χ4n) is 4.17. The molecule has 0 amide bonds. The maximum absolute atomic E-state index is 13.7. The molecule has 0 atom stereocenters. The third kappa shape index (κ3) is 4.13. The molecule has 0 spiro atoms. The maximum atomic E-state index is 13.7. The number of pyridine rings is 1. The minimum absolute atomic E-state index is 0.395. The van der Waals surface area contributed by atoms with E-state index >= 15 is 0 Å². The van der Waals surface area contributed by atoms with Gasteiger partial charge in [0.15, 0.2) is 5.82 Å². The fourth-order valence-corrected chi connectivity index (χ4v) is 4.17. The number of hydrogen-bond donors (Lipinski definition) is 3. The van der Waals surface area contributed by atoms with Crippen LogP contribution in [0.5, 0.6) is 5.75 Å². The van der Waals surface area contributed by atoms with Crippen LogP contribution in [0.25, 0.3) is 22.3 Å². The quantitative estimate of drug-likeness (QED) is 0.432. The van der Waals surface area contributed by atoms with Crippen molar-refractivity contribution in [3.05, 3.63) is 65.5 Å².